The number of hydrogen-bond acceptors (Lipinski definition) is 4. The van der Waals surface area contributed by atoms with E-state index in [9.17, 15) is 13.2 Å². The van der Waals surface area contributed by atoms with Crippen molar-refractivity contribution >= 4 is 27.3 Å². The zero-order valence-electron chi connectivity index (χ0n) is 17.7. The zero-order valence-corrected chi connectivity index (χ0v) is 18.5. The van der Waals surface area contributed by atoms with Gasteiger partial charge >= 0.3 is 0 Å². The van der Waals surface area contributed by atoms with Gasteiger partial charge in [-0.25, -0.2) is 8.42 Å². The van der Waals surface area contributed by atoms with Gasteiger partial charge in [-0.1, -0.05) is 18.2 Å². The summed E-state index contributed by atoms with van der Waals surface area (Å²) in [7, 11) is -3.45. The first kappa shape index (κ1) is 22.7. The van der Waals surface area contributed by atoms with E-state index < -0.39 is 10.0 Å². The molecule has 0 saturated heterocycles. The largest absolute Gasteiger partial charge is 0.491 e. The summed E-state index contributed by atoms with van der Waals surface area (Å²) in [5.74, 6) is 0.525. The Morgan fingerprint density at radius 3 is 2.48 bits per heavy atom. The van der Waals surface area contributed by atoms with Crippen LogP contribution in [0.5, 0.6) is 5.75 Å². The smallest absolute Gasteiger partial charge is 0.232 e. The highest BCUT2D eigenvalue weighted by molar-refractivity contribution is 7.92. The number of carbonyl (C=O) groups excluding carboxylic acids is 1. The molecule has 0 aliphatic rings. The van der Waals surface area contributed by atoms with E-state index in [0.29, 0.717) is 23.5 Å². The van der Waals surface area contributed by atoms with Gasteiger partial charge < -0.3 is 10.1 Å². The van der Waals surface area contributed by atoms with Crippen LogP contribution in [0, 0.1) is 13.8 Å². The summed E-state index contributed by atoms with van der Waals surface area (Å²) in [5.41, 5.74) is 3.26. The van der Waals surface area contributed by atoms with Crippen molar-refractivity contribution in [2.45, 2.75) is 46.6 Å². The lowest BCUT2D eigenvalue weighted by atomic mass is 10.1. The van der Waals surface area contributed by atoms with Gasteiger partial charge in [0.25, 0.3) is 0 Å². The van der Waals surface area contributed by atoms with E-state index in [-0.39, 0.29) is 25.0 Å². The Kier molecular flexibility index (Phi) is 7.67. The number of anilines is 2. The first-order valence-electron chi connectivity index (χ1n) is 9.68. The number of carbonyl (C=O) groups is 1. The number of nitrogens with one attached hydrogen (secondary N) is 1. The van der Waals surface area contributed by atoms with E-state index in [1.165, 1.54) is 10.6 Å². The van der Waals surface area contributed by atoms with Crippen LogP contribution in [0.15, 0.2) is 42.5 Å². The van der Waals surface area contributed by atoms with Crippen molar-refractivity contribution in [1.29, 1.82) is 0 Å². The van der Waals surface area contributed by atoms with Gasteiger partial charge in [-0.15, -0.1) is 0 Å². The molecule has 1 amide bonds. The molecule has 6 nitrogen and oxygen atoms in total. The van der Waals surface area contributed by atoms with E-state index in [0.717, 1.165) is 11.1 Å². The van der Waals surface area contributed by atoms with Gasteiger partial charge in [-0.05, 0) is 63.4 Å². The second-order valence-electron chi connectivity index (χ2n) is 7.40. The zero-order chi connectivity index (χ0) is 21.6. The molecular weight excluding hydrogens is 388 g/mol. The molecule has 2 aromatic carbocycles. The fourth-order valence-electron chi connectivity index (χ4n) is 3.00. The second kappa shape index (κ2) is 9.78. The highest BCUT2D eigenvalue weighted by Crippen LogP contribution is 2.25. The predicted octanol–water partition coefficient (Wildman–Crippen LogP) is 4.28. The fraction of sp³-hybridized carbons (Fsp3) is 0.409. The SMILES string of the molecule is Cc1cccc(N(CCCC(=O)Nc2cccc(OC(C)C)c2)S(C)(=O)=O)c1C. The first-order chi connectivity index (χ1) is 13.6. The number of benzene rings is 2. The van der Waals surface area contributed by atoms with Gasteiger partial charge in [-0.3, -0.25) is 9.10 Å². The van der Waals surface area contributed by atoms with Crippen molar-refractivity contribution in [3.8, 4) is 5.75 Å². The Morgan fingerprint density at radius 1 is 1.14 bits per heavy atom. The van der Waals surface area contributed by atoms with Gasteiger partial charge in [0.2, 0.25) is 15.9 Å². The van der Waals surface area contributed by atoms with Gasteiger partial charge in [0.1, 0.15) is 5.75 Å². The first-order valence-corrected chi connectivity index (χ1v) is 11.5. The fourth-order valence-corrected chi connectivity index (χ4v) is 4.01. The average molecular weight is 419 g/mol. The molecule has 0 heterocycles. The van der Waals surface area contributed by atoms with Crippen LogP contribution >= 0.6 is 0 Å². The summed E-state index contributed by atoms with van der Waals surface area (Å²) >= 11 is 0. The number of amides is 1. The van der Waals surface area contributed by atoms with E-state index in [1.54, 1.807) is 18.2 Å². The summed E-state index contributed by atoms with van der Waals surface area (Å²) < 4.78 is 31.6. The lowest BCUT2D eigenvalue weighted by molar-refractivity contribution is -0.116. The number of sulfonamides is 1. The van der Waals surface area contributed by atoms with Crippen LogP contribution in [-0.4, -0.2) is 33.2 Å². The summed E-state index contributed by atoms with van der Waals surface area (Å²) in [6.07, 6.45) is 1.86. The quantitative estimate of drug-likeness (QED) is 0.660. The van der Waals surface area contributed by atoms with Crippen LogP contribution in [0.1, 0.15) is 37.8 Å². The molecular formula is C22H30N2O4S. The molecule has 0 spiro atoms. The lowest BCUT2D eigenvalue weighted by Crippen LogP contribution is -2.32. The highest BCUT2D eigenvalue weighted by Gasteiger charge is 2.20. The number of hydrogen-bond donors (Lipinski definition) is 1. The van der Waals surface area contributed by atoms with E-state index >= 15 is 0 Å². The van der Waals surface area contributed by atoms with E-state index in [1.807, 2.05) is 52.0 Å². The second-order valence-corrected chi connectivity index (χ2v) is 9.31. The highest BCUT2D eigenvalue weighted by atomic mass is 32.2. The third kappa shape index (κ3) is 6.78. The van der Waals surface area contributed by atoms with E-state index in [4.69, 9.17) is 4.74 Å². The maximum absolute atomic E-state index is 12.3. The van der Waals surface area contributed by atoms with Crippen LogP contribution in [0.2, 0.25) is 0 Å². The minimum atomic E-state index is -3.45. The normalized spacial score (nSPS) is 11.4. The minimum absolute atomic E-state index is 0.0491. The summed E-state index contributed by atoms with van der Waals surface area (Å²) in [6, 6.07) is 12.8. The van der Waals surface area contributed by atoms with Gasteiger partial charge in [0.15, 0.2) is 0 Å². The number of aryl methyl sites for hydroxylation is 1. The topological polar surface area (TPSA) is 75.7 Å². The molecule has 0 unspecified atom stereocenters. The molecule has 7 heteroatoms. The van der Waals surface area contributed by atoms with Crippen molar-refractivity contribution in [2.75, 3.05) is 22.4 Å². The standard InChI is InChI=1S/C22H30N2O4S/c1-16(2)28-20-11-7-10-19(15-20)23-22(25)13-8-14-24(29(5,26)27)21-12-6-9-17(3)18(21)4/h6-7,9-12,15-16H,8,13-14H2,1-5H3,(H,23,25). The van der Waals surface area contributed by atoms with Crippen molar-refractivity contribution in [3.05, 3.63) is 53.6 Å². The van der Waals surface area contributed by atoms with Crippen LogP contribution < -0.4 is 14.4 Å². The maximum atomic E-state index is 12.3. The molecule has 0 saturated carbocycles. The molecule has 0 bridgehead atoms. The Morgan fingerprint density at radius 2 is 1.83 bits per heavy atom. The third-order valence-corrected chi connectivity index (χ3v) is 5.68. The molecule has 0 aromatic heterocycles. The van der Waals surface area contributed by atoms with Crippen molar-refractivity contribution in [1.82, 2.24) is 0 Å². The molecule has 2 rings (SSSR count). The Balaban J connectivity index is 1.99. The van der Waals surface area contributed by atoms with Gasteiger partial charge in [-0.2, -0.15) is 0 Å². The molecule has 29 heavy (non-hydrogen) atoms. The molecule has 0 fully saturated rings. The predicted molar refractivity (Wildman–Crippen MR) is 118 cm³/mol. The number of nitrogens with zero attached hydrogens (tertiary/aromatic N) is 1. The maximum Gasteiger partial charge on any atom is 0.232 e. The van der Waals surface area contributed by atoms with Crippen LogP contribution in [0.3, 0.4) is 0 Å². The monoisotopic (exact) mass is 418 g/mol. The Hall–Kier alpha value is -2.54. The Bertz CT molecular complexity index is 955. The summed E-state index contributed by atoms with van der Waals surface area (Å²) in [6.45, 7) is 7.97. The molecule has 158 valence electrons. The van der Waals surface area contributed by atoms with Gasteiger partial charge in [0, 0.05) is 24.7 Å². The number of rotatable bonds is 9. The van der Waals surface area contributed by atoms with Crippen molar-refractivity contribution in [2.24, 2.45) is 0 Å². The summed E-state index contributed by atoms with van der Waals surface area (Å²) in [5, 5.41) is 2.84. The summed E-state index contributed by atoms with van der Waals surface area (Å²) in [4.78, 5) is 12.3. The molecule has 0 aliphatic carbocycles. The molecule has 1 N–H and O–H groups in total. The van der Waals surface area contributed by atoms with Crippen molar-refractivity contribution < 1.29 is 17.9 Å². The third-order valence-electron chi connectivity index (χ3n) is 4.50. The molecule has 0 aliphatic heterocycles. The van der Waals surface area contributed by atoms with Crippen LogP contribution in [-0.2, 0) is 14.8 Å². The minimum Gasteiger partial charge on any atom is -0.491 e. The van der Waals surface area contributed by atoms with Crippen LogP contribution in [0.25, 0.3) is 0 Å². The Labute approximate surface area is 173 Å². The van der Waals surface area contributed by atoms with E-state index in [2.05, 4.69) is 5.32 Å². The van der Waals surface area contributed by atoms with Crippen LogP contribution in [0.4, 0.5) is 11.4 Å². The molecule has 0 radical (unpaired) electrons. The average Bonchev–Trinajstić information content (AvgIpc) is 2.60. The molecule has 0 atom stereocenters. The molecule has 2 aromatic rings. The lowest BCUT2D eigenvalue weighted by Gasteiger charge is -2.24. The van der Waals surface area contributed by atoms with Gasteiger partial charge in [0.05, 0.1) is 18.0 Å². The number of ether oxygens (including phenoxy) is 1. The van der Waals surface area contributed by atoms with Crippen molar-refractivity contribution in [3.63, 3.8) is 0 Å².